The molecule has 5 heteroatoms. The van der Waals surface area contributed by atoms with Crippen LogP contribution in [0, 0.1) is 23.2 Å². The van der Waals surface area contributed by atoms with Crippen molar-refractivity contribution in [2.45, 2.75) is 25.4 Å². The van der Waals surface area contributed by atoms with E-state index in [9.17, 15) is 9.90 Å². The standard InChI is InChI=1S/C17H21N3O2/c18-7-12-3-1-2-4-13(12)8-20-9-14(11-21)16(10-20)17(22)19-15-5-6-15/h1-4,14-16,21H,5-6,8-11H2,(H,19,22)/t14-,16+/m0/s1. The Hall–Kier alpha value is -1.90. The number of nitriles is 1. The molecule has 1 heterocycles. The summed E-state index contributed by atoms with van der Waals surface area (Å²) < 4.78 is 0. The van der Waals surface area contributed by atoms with E-state index in [2.05, 4.69) is 16.3 Å². The number of nitrogens with one attached hydrogen (secondary N) is 1. The molecule has 0 radical (unpaired) electrons. The highest BCUT2D eigenvalue weighted by Gasteiger charge is 2.38. The molecule has 1 amide bonds. The van der Waals surface area contributed by atoms with Gasteiger partial charge in [0.2, 0.25) is 5.91 Å². The van der Waals surface area contributed by atoms with Crippen LogP contribution in [0.2, 0.25) is 0 Å². The van der Waals surface area contributed by atoms with E-state index in [4.69, 9.17) is 5.26 Å². The van der Waals surface area contributed by atoms with E-state index < -0.39 is 0 Å². The Morgan fingerprint density at radius 3 is 2.82 bits per heavy atom. The van der Waals surface area contributed by atoms with E-state index in [1.807, 2.05) is 24.3 Å². The molecular formula is C17H21N3O2. The molecule has 2 N–H and O–H groups in total. The summed E-state index contributed by atoms with van der Waals surface area (Å²) in [4.78, 5) is 14.4. The van der Waals surface area contributed by atoms with Crippen LogP contribution in [-0.2, 0) is 11.3 Å². The minimum Gasteiger partial charge on any atom is -0.396 e. The van der Waals surface area contributed by atoms with E-state index >= 15 is 0 Å². The third kappa shape index (κ3) is 3.29. The lowest BCUT2D eigenvalue weighted by Gasteiger charge is -2.16. The Balaban J connectivity index is 1.65. The van der Waals surface area contributed by atoms with Crippen LogP contribution in [0.1, 0.15) is 24.0 Å². The molecule has 1 aliphatic heterocycles. The Kier molecular flexibility index (Phi) is 4.41. The largest absolute Gasteiger partial charge is 0.396 e. The molecule has 0 spiro atoms. The van der Waals surface area contributed by atoms with Crippen molar-refractivity contribution in [3.63, 3.8) is 0 Å². The van der Waals surface area contributed by atoms with Gasteiger partial charge in [-0.3, -0.25) is 9.69 Å². The number of aliphatic hydroxyl groups is 1. The quantitative estimate of drug-likeness (QED) is 0.846. The monoisotopic (exact) mass is 299 g/mol. The number of likely N-dealkylation sites (tertiary alicyclic amines) is 1. The summed E-state index contributed by atoms with van der Waals surface area (Å²) in [6.45, 7) is 2.01. The zero-order chi connectivity index (χ0) is 15.5. The van der Waals surface area contributed by atoms with E-state index in [0.29, 0.717) is 31.2 Å². The van der Waals surface area contributed by atoms with Crippen molar-refractivity contribution >= 4 is 5.91 Å². The van der Waals surface area contributed by atoms with Gasteiger partial charge in [-0.2, -0.15) is 5.26 Å². The summed E-state index contributed by atoms with van der Waals surface area (Å²) in [7, 11) is 0. The van der Waals surface area contributed by atoms with Gasteiger partial charge in [-0.05, 0) is 24.5 Å². The number of hydrogen-bond donors (Lipinski definition) is 2. The molecule has 22 heavy (non-hydrogen) atoms. The van der Waals surface area contributed by atoms with Crippen molar-refractivity contribution in [3.8, 4) is 6.07 Å². The first-order valence-corrected chi connectivity index (χ1v) is 7.83. The zero-order valence-corrected chi connectivity index (χ0v) is 12.5. The molecule has 0 unspecified atom stereocenters. The van der Waals surface area contributed by atoms with Crippen LogP contribution in [0.25, 0.3) is 0 Å². The maximum atomic E-state index is 12.3. The number of hydrogen-bond acceptors (Lipinski definition) is 4. The van der Waals surface area contributed by atoms with E-state index in [-0.39, 0.29) is 24.3 Å². The molecule has 1 aromatic carbocycles. The van der Waals surface area contributed by atoms with Crippen molar-refractivity contribution in [1.29, 1.82) is 5.26 Å². The summed E-state index contributed by atoms with van der Waals surface area (Å²) in [5.41, 5.74) is 1.65. The first-order chi connectivity index (χ1) is 10.7. The lowest BCUT2D eigenvalue weighted by molar-refractivity contribution is -0.126. The van der Waals surface area contributed by atoms with Crippen LogP contribution >= 0.6 is 0 Å². The number of carbonyl (C=O) groups excluding carboxylic acids is 1. The molecule has 0 aromatic heterocycles. The third-order valence-electron chi connectivity index (χ3n) is 4.54. The van der Waals surface area contributed by atoms with E-state index in [0.717, 1.165) is 18.4 Å². The molecular weight excluding hydrogens is 278 g/mol. The fourth-order valence-corrected chi connectivity index (χ4v) is 3.12. The van der Waals surface area contributed by atoms with Crippen LogP contribution in [-0.4, -0.2) is 41.7 Å². The van der Waals surface area contributed by atoms with E-state index in [1.54, 1.807) is 0 Å². The Labute approximate surface area is 130 Å². The Bertz CT molecular complexity index is 592. The minimum absolute atomic E-state index is 0.0204. The Morgan fingerprint density at radius 2 is 2.14 bits per heavy atom. The van der Waals surface area contributed by atoms with Crippen LogP contribution in [0.15, 0.2) is 24.3 Å². The molecule has 5 nitrogen and oxygen atoms in total. The second-order valence-corrected chi connectivity index (χ2v) is 6.30. The lowest BCUT2D eigenvalue weighted by Crippen LogP contribution is -2.37. The molecule has 0 bridgehead atoms. The third-order valence-corrected chi connectivity index (χ3v) is 4.54. The number of aliphatic hydroxyl groups excluding tert-OH is 1. The maximum Gasteiger partial charge on any atom is 0.225 e. The van der Waals surface area contributed by atoms with Gasteiger partial charge in [0, 0.05) is 38.2 Å². The predicted octanol–water partition coefficient (Wildman–Crippen LogP) is 0.877. The van der Waals surface area contributed by atoms with E-state index in [1.165, 1.54) is 0 Å². The number of benzene rings is 1. The van der Waals surface area contributed by atoms with Gasteiger partial charge in [-0.15, -0.1) is 0 Å². The van der Waals surface area contributed by atoms with Crippen molar-refractivity contribution in [2.24, 2.45) is 11.8 Å². The maximum absolute atomic E-state index is 12.3. The average Bonchev–Trinajstić information content (AvgIpc) is 3.25. The number of carbonyl (C=O) groups is 1. The second-order valence-electron chi connectivity index (χ2n) is 6.30. The zero-order valence-electron chi connectivity index (χ0n) is 12.5. The average molecular weight is 299 g/mol. The molecule has 2 fully saturated rings. The van der Waals surface area contributed by atoms with Crippen molar-refractivity contribution < 1.29 is 9.90 Å². The van der Waals surface area contributed by atoms with Crippen LogP contribution in [0.5, 0.6) is 0 Å². The number of amides is 1. The predicted molar refractivity (Wildman–Crippen MR) is 81.7 cm³/mol. The van der Waals surface area contributed by atoms with Gasteiger partial charge in [0.05, 0.1) is 17.6 Å². The highest BCUT2D eigenvalue weighted by molar-refractivity contribution is 5.80. The van der Waals surface area contributed by atoms with Gasteiger partial charge in [0.1, 0.15) is 0 Å². The topological polar surface area (TPSA) is 76.4 Å². The van der Waals surface area contributed by atoms with Crippen LogP contribution in [0.3, 0.4) is 0 Å². The van der Waals surface area contributed by atoms with Crippen molar-refractivity contribution in [1.82, 2.24) is 10.2 Å². The van der Waals surface area contributed by atoms with Gasteiger partial charge in [0.25, 0.3) is 0 Å². The number of nitrogens with zero attached hydrogens (tertiary/aromatic N) is 2. The second kappa shape index (κ2) is 6.47. The molecule has 2 aliphatic rings. The molecule has 3 rings (SSSR count). The molecule has 1 saturated heterocycles. The van der Waals surface area contributed by atoms with Crippen molar-refractivity contribution in [2.75, 3.05) is 19.7 Å². The first-order valence-electron chi connectivity index (χ1n) is 7.83. The molecule has 1 aliphatic carbocycles. The lowest BCUT2D eigenvalue weighted by atomic mass is 9.96. The Morgan fingerprint density at radius 1 is 1.36 bits per heavy atom. The smallest absolute Gasteiger partial charge is 0.225 e. The summed E-state index contributed by atoms with van der Waals surface area (Å²) in [5.74, 6) is -0.106. The normalized spacial score (nSPS) is 24.9. The number of rotatable bonds is 5. The summed E-state index contributed by atoms with van der Waals surface area (Å²) in [5, 5.41) is 21.8. The van der Waals surface area contributed by atoms with Gasteiger partial charge in [-0.1, -0.05) is 18.2 Å². The molecule has 1 aromatic rings. The summed E-state index contributed by atoms with van der Waals surface area (Å²) in [6.07, 6.45) is 2.14. The van der Waals surface area contributed by atoms with Gasteiger partial charge in [0.15, 0.2) is 0 Å². The van der Waals surface area contributed by atoms with Crippen LogP contribution in [0.4, 0.5) is 0 Å². The van der Waals surface area contributed by atoms with Crippen molar-refractivity contribution in [3.05, 3.63) is 35.4 Å². The fourth-order valence-electron chi connectivity index (χ4n) is 3.12. The van der Waals surface area contributed by atoms with Gasteiger partial charge in [-0.25, -0.2) is 0 Å². The van der Waals surface area contributed by atoms with Crippen LogP contribution < -0.4 is 5.32 Å². The highest BCUT2D eigenvalue weighted by atomic mass is 16.3. The summed E-state index contributed by atoms with van der Waals surface area (Å²) >= 11 is 0. The minimum atomic E-state index is -0.153. The molecule has 116 valence electrons. The SMILES string of the molecule is N#Cc1ccccc1CN1C[C@@H](CO)[C@H](C(=O)NC2CC2)C1. The summed E-state index contributed by atoms with van der Waals surface area (Å²) in [6, 6.07) is 10.1. The fraction of sp³-hybridized carbons (Fsp3) is 0.529. The van der Waals surface area contributed by atoms with Gasteiger partial charge >= 0.3 is 0 Å². The first kappa shape index (κ1) is 15.0. The molecule has 1 saturated carbocycles. The highest BCUT2D eigenvalue weighted by Crippen LogP contribution is 2.27. The van der Waals surface area contributed by atoms with Gasteiger partial charge < -0.3 is 10.4 Å². The molecule has 2 atom stereocenters.